The van der Waals surface area contributed by atoms with Gasteiger partial charge in [-0.25, -0.2) is 0 Å². The van der Waals surface area contributed by atoms with E-state index in [2.05, 4.69) is 0 Å². The molecule has 0 aromatic rings. The first-order valence-corrected chi connectivity index (χ1v) is 0. The predicted molar refractivity (Wildman–Crippen MR) is 9.94 cm³/mol. The quantitative estimate of drug-likeness (QED) is 0.287. The standard InChI is InChI=1S/Al.Cu.Hf.Re.Ti.Zn.Zr.3H. The summed E-state index contributed by atoms with van der Waals surface area (Å²) in [5.74, 6) is 0. The SMILES string of the molecule is [AlH3].[Cu].[Hf].[Re].[Ti].[Zn].[Zr]. The molecular formula is H3AlCuHfReTiZnZr. The molecule has 0 unspecified atom stereocenters. The molecule has 0 aliphatic carbocycles. The Morgan fingerprint density at radius 3 is 1.00 bits per heavy atom. The van der Waals surface area contributed by atoms with Gasteiger partial charge in [0.15, 0.2) is 17.4 Å². The summed E-state index contributed by atoms with van der Waals surface area (Å²) in [7, 11) is 0. The van der Waals surface area contributed by atoms with Crippen molar-refractivity contribution >= 4 is 17.4 Å². The van der Waals surface area contributed by atoms with Crippen LogP contribution < -0.4 is 0 Å². The molecule has 0 spiro atoms. The first-order valence-electron chi connectivity index (χ1n) is 0. The maximum atomic E-state index is 0. The van der Waals surface area contributed by atoms with E-state index < -0.39 is 0 Å². The molecule has 0 N–H and O–H groups in total. The van der Waals surface area contributed by atoms with Crippen LogP contribution in [0.1, 0.15) is 0 Å². The van der Waals surface area contributed by atoms with E-state index in [4.69, 9.17) is 0 Å². The van der Waals surface area contributed by atoms with Crippen LogP contribution in [0, 0.1) is 0 Å². The molecule has 0 atom stereocenters. The molecule has 7 heteroatoms. The van der Waals surface area contributed by atoms with E-state index in [-0.39, 0.29) is 148 Å². The Bertz CT molecular complexity index is 19.7. The number of hydrogen-bond donors (Lipinski definition) is 0. The van der Waals surface area contributed by atoms with Crippen molar-refractivity contribution in [3.8, 4) is 0 Å². The Labute approximate surface area is 145 Å². The van der Waals surface area contributed by atoms with Crippen LogP contribution in [0.25, 0.3) is 0 Å². The zero-order valence-electron chi connectivity index (χ0n) is 2.89. The summed E-state index contributed by atoms with van der Waals surface area (Å²) in [6, 6.07) is 0. The van der Waals surface area contributed by atoms with Gasteiger partial charge in [0.2, 0.25) is 0 Å². The monoisotopic (exact) mass is 662 g/mol. The van der Waals surface area contributed by atoms with Gasteiger partial charge in [0.1, 0.15) is 0 Å². The van der Waals surface area contributed by atoms with Crippen molar-refractivity contribution in [2.75, 3.05) is 0 Å². The van der Waals surface area contributed by atoms with Crippen LogP contribution in [0.5, 0.6) is 0 Å². The fourth-order valence-electron chi connectivity index (χ4n) is 0. The van der Waals surface area contributed by atoms with E-state index in [0.717, 1.165) is 0 Å². The Morgan fingerprint density at radius 2 is 1.00 bits per heavy atom. The Kier molecular flexibility index (Phi) is 384. The maximum Gasteiger partial charge on any atom is 0.187 e. The first kappa shape index (κ1) is 59.7. The molecule has 0 nitrogen and oxygen atoms in total. The van der Waals surface area contributed by atoms with Gasteiger partial charge in [0.05, 0.1) is 0 Å². The van der Waals surface area contributed by atoms with Crippen LogP contribution >= 0.6 is 0 Å². The topological polar surface area (TPSA) is 0 Å². The molecule has 0 aromatic heterocycles. The molecule has 0 rings (SSSR count). The smallest absolute Gasteiger partial charge is 0 e. The summed E-state index contributed by atoms with van der Waals surface area (Å²) < 4.78 is 0. The summed E-state index contributed by atoms with van der Waals surface area (Å²) in [4.78, 5) is 0. The van der Waals surface area contributed by atoms with E-state index in [1.807, 2.05) is 0 Å². The van der Waals surface area contributed by atoms with E-state index >= 15 is 0 Å². The summed E-state index contributed by atoms with van der Waals surface area (Å²) >= 11 is 0. The molecule has 0 bridgehead atoms. The fourth-order valence-corrected chi connectivity index (χ4v) is 0. The van der Waals surface area contributed by atoms with Crippen LogP contribution in [0.15, 0.2) is 0 Å². The molecule has 0 saturated heterocycles. The van der Waals surface area contributed by atoms with Crippen molar-refractivity contribution in [3.63, 3.8) is 0 Å². The van der Waals surface area contributed by atoms with Gasteiger partial charge in [-0.05, 0) is 0 Å². The minimum atomic E-state index is 0. The first-order chi connectivity index (χ1) is 0. The molecule has 0 saturated carbocycles. The Hall–Kier alpha value is 4.81. The average molecular weight is 663 g/mol. The van der Waals surface area contributed by atoms with Gasteiger partial charge in [-0.3, -0.25) is 0 Å². The van der Waals surface area contributed by atoms with E-state index in [9.17, 15) is 0 Å². The fraction of sp³-hybridized carbons (Fsp3) is 0. The second-order valence-electron chi connectivity index (χ2n) is 0. The largest absolute Gasteiger partial charge is 0.187 e. The minimum absolute atomic E-state index is 0. The molecule has 0 aromatic carbocycles. The zero-order chi connectivity index (χ0) is 0. The molecule has 0 fully saturated rings. The number of hydrogen-bond acceptors (Lipinski definition) is 0. The van der Waals surface area contributed by atoms with Gasteiger partial charge in [-0.1, -0.05) is 0 Å². The van der Waals surface area contributed by atoms with Crippen molar-refractivity contribution in [2.24, 2.45) is 0 Å². The van der Waals surface area contributed by atoms with Crippen LogP contribution in [0.2, 0.25) is 0 Å². The van der Waals surface area contributed by atoms with Gasteiger partial charge >= 0.3 is 0 Å². The van der Waals surface area contributed by atoms with E-state index in [1.165, 1.54) is 0 Å². The summed E-state index contributed by atoms with van der Waals surface area (Å²) in [5, 5.41) is 0. The van der Waals surface area contributed by atoms with Crippen LogP contribution in [0.4, 0.5) is 0 Å². The van der Waals surface area contributed by atoms with Crippen molar-refractivity contribution in [1.82, 2.24) is 0 Å². The molecule has 7 heavy (non-hydrogen) atoms. The molecule has 38 valence electrons. The van der Waals surface area contributed by atoms with Crippen LogP contribution in [0.3, 0.4) is 0 Å². The predicted octanol–water partition coefficient (Wildman–Crippen LogP) is -1.20. The number of rotatable bonds is 0. The molecule has 0 aliphatic heterocycles. The maximum absolute atomic E-state index is 0. The normalized spacial score (nSPS) is 0. The van der Waals surface area contributed by atoms with Crippen molar-refractivity contribution in [1.29, 1.82) is 0 Å². The Morgan fingerprint density at radius 1 is 1.00 bits per heavy atom. The third kappa shape index (κ3) is 36.3. The van der Waals surface area contributed by atoms with Gasteiger partial charge in [0, 0.05) is 131 Å². The summed E-state index contributed by atoms with van der Waals surface area (Å²) in [5.41, 5.74) is 0. The zero-order valence-corrected chi connectivity index (χ0v) is 17.1. The van der Waals surface area contributed by atoms with Gasteiger partial charge < -0.3 is 0 Å². The molecule has 0 heterocycles. The van der Waals surface area contributed by atoms with Crippen LogP contribution in [-0.4, -0.2) is 17.4 Å². The third-order valence-electron chi connectivity index (χ3n) is 0. The van der Waals surface area contributed by atoms with E-state index in [1.54, 1.807) is 0 Å². The molecule has 0 amide bonds. The van der Waals surface area contributed by atoms with Gasteiger partial charge in [0.25, 0.3) is 0 Å². The summed E-state index contributed by atoms with van der Waals surface area (Å²) in [6.07, 6.45) is 0. The third-order valence-corrected chi connectivity index (χ3v) is 0. The van der Waals surface area contributed by atoms with E-state index in [0.29, 0.717) is 0 Å². The second kappa shape index (κ2) is 45.0. The van der Waals surface area contributed by atoms with Crippen molar-refractivity contribution in [3.05, 3.63) is 0 Å². The molecule has 0 aliphatic rings. The molecule has 2 radical (unpaired) electrons. The van der Waals surface area contributed by atoms with Gasteiger partial charge in [-0.2, -0.15) is 0 Å². The minimum Gasteiger partial charge on any atom is 0 e. The van der Waals surface area contributed by atoms with Crippen molar-refractivity contribution < 1.29 is 131 Å². The second-order valence-corrected chi connectivity index (χ2v) is 0. The van der Waals surface area contributed by atoms with Crippen LogP contribution in [-0.2, 0) is 131 Å². The molecular weight excluding hydrogens is 660 g/mol. The Balaban J connectivity index is 0. The average Bonchev–Trinajstić information content (AvgIpc) is 0. The van der Waals surface area contributed by atoms with Gasteiger partial charge in [-0.15, -0.1) is 0 Å². The summed E-state index contributed by atoms with van der Waals surface area (Å²) in [6.45, 7) is 0. The van der Waals surface area contributed by atoms with Crippen molar-refractivity contribution in [2.45, 2.75) is 0 Å².